The van der Waals surface area contributed by atoms with Crippen LogP contribution in [0, 0.1) is 6.92 Å². The normalized spacial score (nSPS) is 12.1. The van der Waals surface area contributed by atoms with Crippen molar-refractivity contribution in [3.63, 3.8) is 0 Å². The van der Waals surface area contributed by atoms with Crippen molar-refractivity contribution in [1.29, 1.82) is 0 Å². The Morgan fingerprint density at radius 1 is 1.10 bits per heavy atom. The summed E-state index contributed by atoms with van der Waals surface area (Å²) < 4.78 is 1.66. The first kappa shape index (κ1) is 19.9. The predicted octanol–water partition coefficient (Wildman–Crippen LogP) is 3.96. The summed E-state index contributed by atoms with van der Waals surface area (Å²) in [5.41, 5.74) is 8.02. The maximum atomic E-state index is 13.6. The highest BCUT2D eigenvalue weighted by atomic mass is 32.2. The number of rotatable bonds is 5. The quantitative estimate of drug-likeness (QED) is 0.473. The lowest BCUT2D eigenvalue weighted by Gasteiger charge is -2.21. The number of thioether (sulfide) groups is 1. The number of nitrogens with two attached hydrogens (primary N) is 1. The number of nitrogens with zero attached hydrogens (tertiary/aromatic N) is 4. The van der Waals surface area contributed by atoms with E-state index in [9.17, 15) is 4.79 Å². The average molecular weight is 419 g/mol. The van der Waals surface area contributed by atoms with E-state index in [4.69, 9.17) is 10.7 Å². The molecule has 2 aromatic heterocycles. The van der Waals surface area contributed by atoms with Crippen LogP contribution in [0.4, 0.5) is 11.8 Å². The zero-order valence-corrected chi connectivity index (χ0v) is 17.8. The number of aryl methyl sites for hydroxylation is 1. The molecule has 0 aliphatic rings. The summed E-state index contributed by atoms with van der Waals surface area (Å²) in [6.07, 6.45) is 3.63. The summed E-state index contributed by atoms with van der Waals surface area (Å²) in [5.74, 6) is 1.39. The molecule has 152 valence electrons. The van der Waals surface area contributed by atoms with Crippen LogP contribution in [-0.2, 0) is 0 Å². The number of benzene rings is 2. The average Bonchev–Trinajstić information content (AvgIpc) is 2.74. The van der Waals surface area contributed by atoms with Crippen molar-refractivity contribution < 1.29 is 0 Å². The monoisotopic (exact) mass is 418 g/mol. The Kier molecular flexibility index (Phi) is 5.41. The fraction of sp³-hybridized carbons (Fsp3) is 0.182. The topological polar surface area (TPSA) is 98.7 Å². The second-order valence-electron chi connectivity index (χ2n) is 6.93. The highest BCUT2D eigenvalue weighted by Gasteiger charge is 2.20. The molecule has 30 heavy (non-hydrogen) atoms. The minimum atomic E-state index is -0.317. The molecule has 0 amide bonds. The van der Waals surface area contributed by atoms with Crippen LogP contribution in [0.2, 0.25) is 0 Å². The van der Waals surface area contributed by atoms with Gasteiger partial charge in [-0.25, -0.2) is 9.97 Å². The maximum absolute atomic E-state index is 13.6. The van der Waals surface area contributed by atoms with Gasteiger partial charge in [0.15, 0.2) is 0 Å². The van der Waals surface area contributed by atoms with Crippen molar-refractivity contribution in [3.05, 3.63) is 76.5 Å². The number of fused-ring (bicyclic) bond motifs is 1. The Labute approximate surface area is 178 Å². The van der Waals surface area contributed by atoms with Gasteiger partial charge in [0.05, 0.1) is 27.5 Å². The highest BCUT2D eigenvalue weighted by Crippen LogP contribution is 2.27. The maximum Gasteiger partial charge on any atom is 0.266 e. The van der Waals surface area contributed by atoms with Crippen molar-refractivity contribution in [3.8, 4) is 5.69 Å². The molecule has 0 spiro atoms. The number of hydrogen-bond acceptors (Lipinski definition) is 7. The molecular formula is C22H22N6OS. The standard InChI is InChI=1S/C22H22N6OS/c1-13-8-7-11-16-18(13)21(29)28(15-9-5-4-6-10-15)20(26-16)14(2)25-19-17(30-3)12-24-22(23)27-19/h4-12,14H,1-3H3,(H3,23,24,25,27)/t14-/m0/s1. The molecule has 0 aliphatic heterocycles. The van der Waals surface area contributed by atoms with Crippen LogP contribution in [0.25, 0.3) is 16.6 Å². The molecule has 4 rings (SSSR count). The van der Waals surface area contributed by atoms with E-state index < -0.39 is 0 Å². The van der Waals surface area contributed by atoms with Gasteiger partial charge in [0.25, 0.3) is 5.56 Å². The van der Waals surface area contributed by atoms with Crippen LogP contribution in [0.15, 0.2) is 64.4 Å². The fourth-order valence-corrected chi connectivity index (χ4v) is 3.89. The van der Waals surface area contributed by atoms with Gasteiger partial charge in [0, 0.05) is 6.20 Å². The number of aromatic nitrogens is 4. The second kappa shape index (κ2) is 8.16. The SMILES string of the molecule is CSc1cnc(N)nc1N[C@@H](C)c1nc2cccc(C)c2c(=O)n1-c1ccccc1. The summed E-state index contributed by atoms with van der Waals surface area (Å²) in [5, 5.41) is 3.98. The number of nitrogen functional groups attached to an aromatic ring is 1. The van der Waals surface area contributed by atoms with Gasteiger partial charge >= 0.3 is 0 Å². The van der Waals surface area contributed by atoms with Gasteiger partial charge in [0.1, 0.15) is 11.6 Å². The van der Waals surface area contributed by atoms with E-state index >= 15 is 0 Å². The summed E-state index contributed by atoms with van der Waals surface area (Å²) in [6, 6.07) is 14.9. The van der Waals surface area contributed by atoms with Gasteiger partial charge in [-0.05, 0) is 43.9 Å². The smallest absolute Gasteiger partial charge is 0.266 e. The molecular weight excluding hydrogens is 396 g/mol. The zero-order chi connectivity index (χ0) is 21.3. The summed E-state index contributed by atoms with van der Waals surface area (Å²) in [4.78, 5) is 27.7. The van der Waals surface area contributed by atoms with Gasteiger partial charge in [-0.1, -0.05) is 30.3 Å². The predicted molar refractivity (Wildman–Crippen MR) is 122 cm³/mol. The molecule has 7 nitrogen and oxygen atoms in total. The van der Waals surface area contributed by atoms with Crippen LogP contribution < -0.4 is 16.6 Å². The Bertz CT molecular complexity index is 1270. The van der Waals surface area contributed by atoms with E-state index in [-0.39, 0.29) is 17.5 Å². The highest BCUT2D eigenvalue weighted by molar-refractivity contribution is 7.98. The van der Waals surface area contributed by atoms with Gasteiger partial charge in [-0.2, -0.15) is 4.98 Å². The Morgan fingerprint density at radius 3 is 2.60 bits per heavy atom. The Balaban J connectivity index is 1.92. The third-order valence-corrected chi connectivity index (χ3v) is 5.62. The van der Waals surface area contributed by atoms with Crippen molar-refractivity contribution in [2.75, 3.05) is 17.3 Å². The van der Waals surface area contributed by atoms with Crippen molar-refractivity contribution >= 4 is 34.4 Å². The molecule has 0 fully saturated rings. The minimum absolute atomic E-state index is 0.0970. The second-order valence-corrected chi connectivity index (χ2v) is 7.77. The van der Waals surface area contributed by atoms with Crippen molar-refractivity contribution in [2.45, 2.75) is 24.8 Å². The minimum Gasteiger partial charge on any atom is -0.368 e. The fourth-order valence-electron chi connectivity index (χ4n) is 3.44. The molecule has 0 aliphatic carbocycles. The molecule has 0 bridgehead atoms. The van der Waals surface area contributed by atoms with Crippen LogP contribution in [-0.4, -0.2) is 25.8 Å². The Hall–Kier alpha value is -3.39. The first-order chi connectivity index (χ1) is 14.5. The van der Waals surface area contributed by atoms with E-state index in [1.54, 1.807) is 10.8 Å². The van der Waals surface area contributed by atoms with Crippen molar-refractivity contribution in [1.82, 2.24) is 19.5 Å². The van der Waals surface area contributed by atoms with Crippen LogP contribution in [0.3, 0.4) is 0 Å². The summed E-state index contributed by atoms with van der Waals surface area (Å²) in [6.45, 7) is 3.88. The van der Waals surface area contributed by atoms with E-state index in [0.717, 1.165) is 16.1 Å². The molecule has 2 aromatic carbocycles. The van der Waals surface area contributed by atoms with Crippen LogP contribution in [0.5, 0.6) is 0 Å². The first-order valence-electron chi connectivity index (χ1n) is 9.50. The first-order valence-corrected chi connectivity index (χ1v) is 10.7. The molecule has 2 heterocycles. The number of nitrogens with one attached hydrogen (secondary N) is 1. The van der Waals surface area contributed by atoms with Gasteiger partial charge < -0.3 is 11.1 Å². The van der Waals surface area contributed by atoms with Gasteiger partial charge in [-0.3, -0.25) is 9.36 Å². The number of hydrogen-bond donors (Lipinski definition) is 2. The molecule has 0 unspecified atom stereocenters. The zero-order valence-electron chi connectivity index (χ0n) is 17.0. The van der Waals surface area contributed by atoms with Crippen LogP contribution >= 0.6 is 11.8 Å². The third-order valence-electron chi connectivity index (χ3n) is 4.88. The lowest BCUT2D eigenvalue weighted by atomic mass is 10.1. The van der Waals surface area contributed by atoms with E-state index in [1.807, 2.05) is 68.6 Å². The largest absolute Gasteiger partial charge is 0.368 e. The van der Waals surface area contributed by atoms with Gasteiger partial charge in [0.2, 0.25) is 5.95 Å². The van der Waals surface area contributed by atoms with Crippen LogP contribution in [0.1, 0.15) is 24.4 Å². The molecule has 0 radical (unpaired) electrons. The van der Waals surface area contributed by atoms with E-state index in [1.165, 1.54) is 11.8 Å². The number of para-hydroxylation sites is 1. The van der Waals surface area contributed by atoms with E-state index in [0.29, 0.717) is 22.5 Å². The lowest BCUT2D eigenvalue weighted by Crippen LogP contribution is -2.28. The van der Waals surface area contributed by atoms with Gasteiger partial charge in [-0.15, -0.1) is 11.8 Å². The third kappa shape index (κ3) is 3.61. The summed E-state index contributed by atoms with van der Waals surface area (Å²) >= 11 is 1.52. The van der Waals surface area contributed by atoms with E-state index in [2.05, 4.69) is 15.3 Å². The molecule has 4 aromatic rings. The number of anilines is 2. The molecule has 8 heteroatoms. The molecule has 0 saturated carbocycles. The molecule has 3 N–H and O–H groups in total. The van der Waals surface area contributed by atoms with Crippen molar-refractivity contribution in [2.24, 2.45) is 0 Å². The Morgan fingerprint density at radius 2 is 1.87 bits per heavy atom. The molecule has 1 atom stereocenters. The summed E-state index contributed by atoms with van der Waals surface area (Å²) in [7, 11) is 0. The lowest BCUT2D eigenvalue weighted by molar-refractivity contribution is 0.728. The molecule has 0 saturated heterocycles.